The maximum absolute atomic E-state index is 14.0. The number of methoxy groups -OCH3 is 2. The van der Waals surface area contributed by atoms with Crippen LogP contribution in [0.1, 0.15) is 25.0 Å². The van der Waals surface area contributed by atoms with Gasteiger partial charge in [0.25, 0.3) is 10.0 Å². The monoisotopic (exact) mass is 553 g/mol. The fourth-order valence-corrected chi connectivity index (χ4v) is 5.54. The molecule has 0 bridgehead atoms. The third-order valence-electron chi connectivity index (χ3n) is 6.22. The Morgan fingerprint density at radius 1 is 0.949 bits per heavy atom. The van der Waals surface area contributed by atoms with E-state index in [1.54, 1.807) is 75.6 Å². The molecule has 9 nitrogen and oxygen atoms in total. The van der Waals surface area contributed by atoms with E-state index in [0.717, 1.165) is 15.4 Å². The van der Waals surface area contributed by atoms with Crippen molar-refractivity contribution in [1.29, 1.82) is 0 Å². The molecule has 0 fully saturated rings. The lowest BCUT2D eigenvalue weighted by Gasteiger charge is -2.32. The zero-order valence-corrected chi connectivity index (χ0v) is 23.7. The molecule has 0 saturated heterocycles. The lowest BCUT2D eigenvalue weighted by Crippen LogP contribution is -2.51. The fraction of sp³-hybridized carbons (Fsp3) is 0.310. The summed E-state index contributed by atoms with van der Waals surface area (Å²) in [6.07, 6.45) is 0. The maximum atomic E-state index is 14.0. The first-order chi connectivity index (χ1) is 18.6. The number of rotatable bonds is 12. The normalized spacial score (nSPS) is 11.8. The van der Waals surface area contributed by atoms with E-state index in [-0.39, 0.29) is 23.0 Å². The summed E-state index contributed by atoms with van der Waals surface area (Å²) in [5, 5.41) is 2.75. The molecule has 3 rings (SSSR count). The minimum Gasteiger partial charge on any atom is -0.497 e. The Labute approximate surface area is 230 Å². The SMILES string of the molecule is CCNC(=O)[C@H](C)N(Cc1cccc(OC)c1)C(=O)CN(c1cc(C)ccc1OC)S(=O)(=O)c1ccccc1. The van der Waals surface area contributed by atoms with Crippen LogP contribution >= 0.6 is 0 Å². The van der Waals surface area contributed by atoms with Crippen LogP contribution in [0.4, 0.5) is 5.69 Å². The van der Waals surface area contributed by atoms with Crippen LogP contribution in [0, 0.1) is 6.92 Å². The van der Waals surface area contributed by atoms with Crippen molar-refractivity contribution >= 4 is 27.5 Å². The number of carbonyl (C=O) groups is 2. The zero-order chi connectivity index (χ0) is 28.6. The summed E-state index contributed by atoms with van der Waals surface area (Å²) in [5.41, 5.74) is 1.74. The largest absolute Gasteiger partial charge is 0.497 e. The molecule has 3 aromatic rings. The molecule has 0 aromatic heterocycles. The predicted molar refractivity (Wildman–Crippen MR) is 150 cm³/mol. The van der Waals surface area contributed by atoms with Crippen LogP contribution in [0.2, 0.25) is 0 Å². The highest BCUT2D eigenvalue weighted by molar-refractivity contribution is 7.92. The zero-order valence-electron chi connectivity index (χ0n) is 22.9. The average Bonchev–Trinajstić information content (AvgIpc) is 2.94. The number of sulfonamides is 1. The van der Waals surface area contributed by atoms with Crippen molar-refractivity contribution in [2.75, 3.05) is 31.6 Å². The van der Waals surface area contributed by atoms with Gasteiger partial charge in [0.15, 0.2) is 0 Å². The number of aryl methyl sites for hydroxylation is 1. The van der Waals surface area contributed by atoms with Crippen molar-refractivity contribution in [3.8, 4) is 11.5 Å². The van der Waals surface area contributed by atoms with E-state index in [1.807, 2.05) is 13.0 Å². The van der Waals surface area contributed by atoms with Gasteiger partial charge in [0.1, 0.15) is 24.1 Å². The molecule has 208 valence electrons. The number of nitrogens with zero attached hydrogens (tertiary/aromatic N) is 2. The number of anilines is 1. The van der Waals surface area contributed by atoms with Gasteiger partial charge in [-0.2, -0.15) is 0 Å². The van der Waals surface area contributed by atoms with Crippen molar-refractivity contribution in [1.82, 2.24) is 10.2 Å². The molecule has 0 unspecified atom stereocenters. The van der Waals surface area contributed by atoms with E-state index in [0.29, 0.717) is 18.0 Å². The summed E-state index contributed by atoms with van der Waals surface area (Å²) in [7, 11) is -1.20. The molecule has 0 aliphatic carbocycles. The third kappa shape index (κ3) is 7.08. The summed E-state index contributed by atoms with van der Waals surface area (Å²) in [4.78, 5) is 28.2. The Morgan fingerprint density at radius 2 is 1.67 bits per heavy atom. The number of hydrogen-bond donors (Lipinski definition) is 1. The summed E-state index contributed by atoms with van der Waals surface area (Å²) in [6, 6.07) is 19.3. The summed E-state index contributed by atoms with van der Waals surface area (Å²) < 4.78 is 39.7. The van der Waals surface area contributed by atoms with Gasteiger partial charge in [-0.1, -0.05) is 36.4 Å². The van der Waals surface area contributed by atoms with E-state index in [1.165, 1.54) is 24.1 Å². The highest BCUT2D eigenvalue weighted by Gasteiger charge is 2.33. The number of nitrogens with one attached hydrogen (secondary N) is 1. The molecule has 1 N–H and O–H groups in total. The second-order valence-corrected chi connectivity index (χ2v) is 10.8. The van der Waals surface area contributed by atoms with Gasteiger partial charge in [0.2, 0.25) is 11.8 Å². The summed E-state index contributed by atoms with van der Waals surface area (Å²) >= 11 is 0. The first-order valence-electron chi connectivity index (χ1n) is 12.5. The van der Waals surface area contributed by atoms with Gasteiger partial charge in [0.05, 0.1) is 24.8 Å². The molecule has 0 spiro atoms. The van der Waals surface area contributed by atoms with Gasteiger partial charge in [-0.15, -0.1) is 0 Å². The number of ether oxygens (including phenoxy) is 2. The fourth-order valence-electron chi connectivity index (χ4n) is 4.10. The van der Waals surface area contributed by atoms with E-state index in [9.17, 15) is 18.0 Å². The smallest absolute Gasteiger partial charge is 0.264 e. The van der Waals surface area contributed by atoms with Gasteiger partial charge in [-0.25, -0.2) is 8.42 Å². The first kappa shape index (κ1) is 29.5. The number of benzene rings is 3. The molecule has 3 aromatic carbocycles. The van der Waals surface area contributed by atoms with Crippen molar-refractivity contribution < 1.29 is 27.5 Å². The van der Waals surface area contributed by atoms with Crippen molar-refractivity contribution in [2.24, 2.45) is 0 Å². The molecule has 0 heterocycles. The molecule has 0 radical (unpaired) electrons. The second kappa shape index (κ2) is 13.1. The Morgan fingerprint density at radius 3 is 2.31 bits per heavy atom. The number of likely N-dealkylation sites (N-methyl/N-ethyl adjacent to an activating group) is 1. The van der Waals surface area contributed by atoms with Crippen molar-refractivity contribution in [2.45, 2.75) is 38.3 Å². The van der Waals surface area contributed by atoms with Crippen LogP contribution in [0.5, 0.6) is 11.5 Å². The highest BCUT2D eigenvalue weighted by Crippen LogP contribution is 2.33. The number of hydrogen-bond acceptors (Lipinski definition) is 6. The maximum Gasteiger partial charge on any atom is 0.264 e. The topological polar surface area (TPSA) is 105 Å². The molecular formula is C29H35N3O6S. The minimum atomic E-state index is -4.19. The minimum absolute atomic E-state index is 0.0254. The predicted octanol–water partition coefficient (Wildman–Crippen LogP) is 3.76. The molecule has 39 heavy (non-hydrogen) atoms. The third-order valence-corrected chi connectivity index (χ3v) is 7.99. The van der Waals surface area contributed by atoms with E-state index in [4.69, 9.17) is 9.47 Å². The standard InChI is InChI=1S/C29H35N3O6S/c1-6-30-29(34)22(3)31(19-23-11-10-12-24(18-23)37-4)28(33)20-32(26-17-21(2)15-16-27(26)38-5)39(35,36)25-13-8-7-9-14-25/h7-18,22H,6,19-20H2,1-5H3,(H,30,34)/t22-/m0/s1. The van der Waals surface area contributed by atoms with E-state index < -0.39 is 28.5 Å². The summed E-state index contributed by atoms with van der Waals surface area (Å²) in [5.74, 6) is -0.00801. The molecule has 0 aliphatic rings. The molecule has 1 atom stereocenters. The van der Waals surface area contributed by atoms with Crippen LogP contribution in [-0.2, 0) is 26.2 Å². The van der Waals surface area contributed by atoms with Crippen LogP contribution in [0.25, 0.3) is 0 Å². The van der Waals surface area contributed by atoms with Gasteiger partial charge < -0.3 is 19.7 Å². The van der Waals surface area contributed by atoms with Gasteiger partial charge in [-0.3, -0.25) is 13.9 Å². The van der Waals surface area contributed by atoms with Gasteiger partial charge >= 0.3 is 0 Å². The van der Waals surface area contributed by atoms with Crippen LogP contribution in [0.15, 0.2) is 77.7 Å². The first-order valence-corrected chi connectivity index (χ1v) is 14.0. The molecule has 2 amide bonds. The van der Waals surface area contributed by atoms with E-state index >= 15 is 0 Å². The molecule has 0 saturated carbocycles. The van der Waals surface area contributed by atoms with Crippen molar-refractivity contribution in [3.63, 3.8) is 0 Å². The van der Waals surface area contributed by atoms with E-state index in [2.05, 4.69) is 5.32 Å². The number of amides is 2. The Hall–Kier alpha value is -4.05. The quantitative estimate of drug-likeness (QED) is 0.366. The lowest BCUT2D eigenvalue weighted by atomic mass is 10.1. The number of carbonyl (C=O) groups excluding carboxylic acids is 2. The van der Waals surface area contributed by atoms with Gasteiger partial charge in [-0.05, 0) is 68.3 Å². The second-order valence-electron chi connectivity index (χ2n) is 8.94. The Kier molecular flexibility index (Phi) is 9.95. The molecule has 10 heteroatoms. The van der Waals surface area contributed by atoms with Crippen LogP contribution in [-0.4, -0.2) is 58.5 Å². The van der Waals surface area contributed by atoms with Crippen molar-refractivity contribution in [3.05, 3.63) is 83.9 Å². The highest BCUT2D eigenvalue weighted by atomic mass is 32.2. The Balaban J connectivity index is 2.09. The molecular weight excluding hydrogens is 518 g/mol. The van der Waals surface area contributed by atoms with Crippen LogP contribution < -0.4 is 19.1 Å². The van der Waals surface area contributed by atoms with Gasteiger partial charge in [0, 0.05) is 13.1 Å². The molecule has 0 aliphatic heterocycles. The average molecular weight is 554 g/mol. The Bertz CT molecular complexity index is 1400. The lowest BCUT2D eigenvalue weighted by molar-refractivity contribution is -0.139. The van der Waals surface area contributed by atoms with Crippen LogP contribution in [0.3, 0.4) is 0 Å². The summed E-state index contributed by atoms with van der Waals surface area (Å²) in [6.45, 7) is 5.14.